The van der Waals surface area contributed by atoms with Crippen LogP contribution in [0.3, 0.4) is 0 Å². The first-order chi connectivity index (χ1) is 8.72. The Morgan fingerprint density at radius 1 is 1.21 bits per heavy atom. The van der Waals surface area contributed by atoms with Crippen LogP contribution in [-0.4, -0.2) is 20.5 Å². The molecule has 0 aliphatic rings. The Hall–Kier alpha value is -0.430. The summed E-state index contributed by atoms with van der Waals surface area (Å²) in [5, 5.41) is 5.17. The molecule has 110 valence electrons. The van der Waals surface area contributed by atoms with Crippen LogP contribution in [0.4, 0.5) is 0 Å². The molecule has 2 N–H and O–H groups in total. The van der Waals surface area contributed by atoms with Gasteiger partial charge in [0.05, 0.1) is 0 Å². The predicted octanol–water partition coefficient (Wildman–Crippen LogP) is 2.57. The molecule has 0 saturated carbocycles. The van der Waals surface area contributed by atoms with E-state index >= 15 is 0 Å². The highest BCUT2D eigenvalue weighted by atomic mass is 32.2. The highest BCUT2D eigenvalue weighted by Gasteiger charge is 2.20. The third kappa shape index (κ3) is 5.22. The standard InChI is InChI=1S/C13H24N2O2S2/c1-9(2)11(5)15-19(16,17)13-6-12(8-18-13)7-14-10(3)4/h6,8-11,14-15H,7H2,1-5H3. The highest BCUT2D eigenvalue weighted by molar-refractivity contribution is 7.91. The Morgan fingerprint density at radius 3 is 2.37 bits per heavy atom. The van der Waals surface area contributed by atoms with E-state index in [9.17, 15) is 8.42 Å². The molecular formula is C13H24N2O2S2. The summed E-state index contributed by atoms with van der Waals surface area (Å²) >= 11 is 1.27. The quantitative estimate of drug-likeness (QED) is 0.814. The normalized spacial score (nSPS) is 14.3. The molecule has 0 aromatic carbocycles. The van der Waals surface area contributed by atoms with Gasteiger partial charge in [0.25, 0.3) is 0 Å². The molecule has 0 fully saturated rings. The Balaban J connectivity index is 2.74. The first kappa shape index (κ1) is 16.6. The number of thiophene rings is 1. The SMILES string of the molecule is CC(C)NCc1csc(S(=O)(=O)NC(C)C(C)C)c1. The molecule has 1 aromatic rings. The van der Waals surface area contributed by atoms with Gasteiger partial charge in [0.1, 0.15) is 4.21 Å². The smallest absolute Gasteiger partial charge is 0.250 e. The molecule has 0 radical (unpaired) electrons. The summed E-state index contributed by atoms with van der Waals surface area (Å²) in [5.41, 5.74) is 1.01. The zero-order chi connectivity index (χ0) is 14.6. The highest BCUT2D eigenvalue weighted by Crippen LogP contribution is 2.21. The van der Waals surface area contributed by atoms with Gasteiger partial charge in [-0.05, 0) is 29.9 Å². The van der Waals surface area contributed by atoms with Crippen molar-refractivity contribution in [2.75, 3.05) is 0 Å². The minimum atomic E-state index is -3.38. The molecule has 1 aromatic heterocycles. The van der Waals surface area contributed by atoms with Gasteiger partial charge in [-0.1, -0.05) is 27.7 Å². The van der Waals surface area contributed by atoms with E-state index in [1.54, 1.807) is 6.07 Å². The lowest BCUT2D eigenvalue weighted by Gasteiger charge is -2.16. The van der Waals surface area contributed by atoms with Gasteiger partial charge in [0.2, 0.25) is 10.0 Å². The average molecular weight is 304 g/mol. The van der Waals surface area contributed by atoms with Crippen molar-refractivity contribution in [2.45, 2.75) is 57.5 Å². The predicted molar refractivity (Wildman–Crippen MR) is 80.9 cm³/mol. The second kappa shape index (κ2) is 6.83. The van der Waals surface area contributed by atoms with Gasteiger partial charge in [0.15, 0.2) is 0 Å². The molecule has 0 bridgehead atoms. The molecule has 1 rings (SSSR count). The van der Waals surface area contributed by atoms with Gasteiger partial charge in [-0.15, -0.1) is 11.3 Å². The van der Waals surface area contributed by atoms with Gasteiger partial charge in [-0.25, -0.2) is 13.1 Å². The van der Waals surface area contributed by atoms with Crippen molar-refractivity contribution in [3.05, 3.63) is 17.0 Å². The van der Waals surface area contributed by atoms with Crippen molar-refractivity contribution in [2.24, 2.45) is 5.92 Å². The zero-order valence-corrected chi connectivity index (χ0v) is 13.9. The molecule has 0 saturated heterocycles. The summed E-state index contributed by atoms with van der Waals surface area (Å²) in [5.74, 6) is 0.275. The average Bonchev–Trinajstić information content (AvgIpc) is 2.74. The molecule has 19 heavy (non-hydrogen) atoms. The van der Waals surface area contributed by atoms with E-state index in [1.807, 2.05) is 26.2 Å². The van der Waals surface area contributed by atoms with Crippen molar-refractivity contribution in [3.8, 4) is 0 Å². The van der Waals surface area contributed by atoms with Crippen LogP contribution in [0.5, 0.6) is 0 Å². The molecule has 0 aliphatic heterocycles. The van der Waals surface area contributed by atoms with Crippen LogP contribution in [0.1, 0.15) is 40.2 Å². The van der Waals surface area contributed by atoms with E-state index in [4.69, 9.17) is 0 Å². The van der Waals surface area contributed by atoms with Crippen LogP contribution >= 0.6 is 11.3 Å². The third-order valence-electron chi connectivity index (χ3n) is 2.95. The van der Waals surface area contributed by atoms with Crippen molar-refractivity contribution >= 4 is 21.4 Å². The summed E-state index contributed by atoms with van der Waals surface area (Å²) in [7, 11) is -3.38. The first-order valence-electron chi connectivity index (χ1n) is 6.55. The molecular weight excluding hydrogens is 280 g/mol. The van der Waals surface area contributed by atoms with E-state index < -0.39 is 10.0 Å². The number of rotatable bonds is 7. The first-order valence-corrected chi connectivity index (χ1v) is 8.91. The molecule has 1 atom stereocenters. The van der Waals surface area contributed by atoms with Crippen LogP contribution < -0.4 is 10.0 Å². The Bertz CT molecular complexity index is 492. The molecule has 0 amide bonds. The van der Waals surface area contributed by atoms with Crippen LogP contribution in [0.15, 0.2) is 15.7 Å². The minimum absolute atomic E-state index is 0.0654. The van der Waals surface area contributed by atoms with Crippen LogP contribution in [0.2, 0.25) is 0 Å². The van der Waals surface area contributed by atoms with Crippen molar-refractivity contribution in [1.82, 2.24) is 10.0 Å². The number of sulfonamides is 1. The van der Waals surface area contributed by atoms with Crippen LogP contribution in [0.25, 0.3) is 0 Å². The van der Waals surface area contributed by atoms with E-state index in [0.29, 0.717) is 16.8 Å². The molecule has 1 unspecified atom stereocenters. The maximum absolute atomic E-state index is 12.2. The van der Waals surface area contributed by atoms with Crippen LogP contribution in [0, 0.1) is 5.92 Å². The van der Waals surface area contributed by atoms with Gasteiger partial charge in [-0.3, -0.25) is 0 Å². The monoisotopic (exact) mass is 304 g/mol. The maximum atomic E-state index is 12.2. The fourth-order valence-corrected chi connectivity index (χ4v) is 3.97. The van der Waals surface area contributed by atoms with E-state index in [0.717, 1.165) is 5.56 Å². The van der Waals surface area contributed by atoms with Crippen molar-refractivity contribution in [3.63, 3.8) is 0 Å². The third-order valence-corrected chi connectivity index (χ3v) is 6.00. The van der Waals surface area contributed by atoms with E-state index in [-0.39, 0.29) is 12.0 Å². The lowest BCUT2D eigenvalue weighted by molar-refractivity contribution is 0.477. The van der Waals surface area contributed by atoms with Gasteiger partial charge >= 0.3 is 0 Å². The maximum Gasteiger partial charge on any atom is 0.250 e. The van der Waals surface area contributed by atoms with Gasteiger partial charge in [0, 0.05) is 18.6 Å². The summed E-state index contributed by atoms with van der Waals surface area (Å²) in [6, 6.07) is 2.07. The zero-order valence-electron chi connectivity index (χ0n) is 12.2. The molecule has 4 nitrogen and oxygen atoms in total. The topological polar surface area (TPSA) is 58.2 Å². The van der Waals surface area contributed by atoms with Crippen molar-refractivity contribution < 1.29 is 8.42 Å². The lowest BCUT2D eigenvalue weighted by Crippen LogP contribution is -2.35. The summed E-state index contributed by atoms with van der Waals surface area (Å²) < 4.78 is 27.5. The number of hydrogen-bond acceptors (Lipinski definition) is 4. The summed E-state index contributed by atoms with van der Waals surface area (Å²) in [4.78, 5) is 0. The second-order valence-corrected chi connectivity index (χ2v) is 8.32. The summed E-state index contributed by atoms with van der Waals surface area (Å²) in [6.45, 7) is 10.7. The molecule has 0 aliphatic carbocycles. The van der Waals surface area contributed by atoms with E-state index in [1.165, 1.54) is 11.3 Å². The summed E-state index contributed by atoms with van der Waals surface area (Å²) in [6.07, 6.45) is 0. The largest absolute Gasteiger partial charge is 0.310 e. The fraction of sp³-hybridized carbons (Fsp3) is 0.692. The number of hydrogen-bond donors (Lipinski definition) is 2. The molecule has 1 heterocycles. The van der Waals surface area contributed by atoms with Crippen molar-refractivity contribution in [1.29, 1.82) is 0 Å². The van der Waals surface area contributed by atoms with Gasteiger partial charge in [-0.2, -0.15) is 0 Å². The van der Waals surface area contributed by atoms with Crippen LogP contribution in [-0.2, 0) is 16.6 Å². The minimum Gasteiger partial charge on any atom is -0.310 e. The van der Waals surface area contributed by atoms with E-state index in [2.05, 4.69) is 23.9 Å². The Labute approximate surface area is 120 Å². The molecule has 0 spiro atoms. The van der Waals surface area contributed by atoms with Gasteiger partial charge < -0.3 is 5.32 Å². The lowest BCUT2D eigenvalue weighted by atomic mass is 10.1. The Kier molecular flexibility index (Phi) is 5.98. The second-order valence-electron chi connectivity index (χ2n) is 5.46. The molecule has 6 heteroatoms. The number of nitrogens with one attached hydrogen (secondary N) is 2. The Morgan fingerprint density at radius 2 is 1.84 bits per heavy atom. The fourth-order valence-electron chi connectivity index (χ4n) is 1.35.